The average Bonchev–Trinajstić information content (AvgIpc) is 3.41. The summed E-state index contributed by atoms with van der Waals surface area (Å²) in [6.07, 6.45) is 6.55. The van der Waals surface area contributed by atoms with Crippen molar-refractivity contribution in [2.75, 3.05) is 25.1 Å². The first-order valence-corrected chi connectivity index (χ1v) is 12.5. The highest BCUT2D eigenvalue weighted by atomic mass is 19.4. The number of aromatic nitrogens is 5. The number of aliphatic imine (C=N–C) groups is 1. The van der Waals surface area contributed by atoms with Crippen LogP contribution < -0.4 is 5.32 Å². The largest absolute Gasteiger partial charge is 0.411 e. The number of carbonyl (C=O) groups is 1. The van der Waals surface area contributed by atoms with Crippen molar-refractivity contribution < 1.29 is 22.7 Å². The first-order chi connectivity index (χ1) is 18.6. The Labute approximate surface area is 224 Å². The van der Waals surface area contributed by atoms with Crippen LogP contribution in [0.25, 0.3) is 17.1 Å². The maximum absolute atomic E-state index is 12.5. The summed E-state index contributed by atoms with van der Waals surface area (Å²) in [4.78, 5) is 21.1. The number of allylic oxidation sites excluding steroid dienone is 2. The van der Waals surface area contributed by atoms with Gasteiger partial charge in [-0.15, -0.1) is 10.2 Å². The first kappa shape index (κ1) is 28.0. The molecule has 0 radical (unpaired) electrons. The summed E-state index contributed by atoms with van der Waals surface area (Å²) in [6.45, 7) is 5.91. The average molecular weight is 542 g/mol. The van der Waals surface area contributed by atoms with Crippen LogP contribution in [0.1, 0.15) is 44.3 Å². The number of anilines is 1. The monoisotopic (exact) mass is 541 g/mol. The molecule has 1 aliphatic rings. The Kier molecular flexibility index (Phi) is 8.75. The lowest BCUT2D eigenvalue weighted by Crippen LogP contribution is -2.21. The molecule has 4 rings (SSSR count). The summed E-state index contributed by atoms with van der Waals surface area (Å²) in [6, 6.07) is 6.70. The van der Waals surface area contributed by atoms with Crippen molar-refractivity contribution in [2.45, 2.75) is 44.8 Å². The predicted molar refractivity (Wildman–Crippen MR) is 142 cm³/mol. The molecule has 1 atom stereocenters. The van der Waals surface area contributed by atoms with Gasteiger partial charge in [-0.1, -0.05) is 18.7 Å². The van der Waals surface area contributed by atoms with Gasteiger partial charge in [0.15, 0.2) is 11.6 Å². The maximum atomic E-state index is 12.5. The second-order valence-corrected chi connectivity index (χ2v) is 9.41. The highest BCUT2D eigenvalue weighted by Crippen LogP contribution is 2.39. The van der Waals surface area contributed by atoms with Crippen LogP contribution in [0.15, 0.2) is 66.5 Å². The van der Waals surface area contributed by atoms with Crippen molar-refractivity contribution >= 4 is 23.4 Å². The lowest BCUT2D eigenvalue weighted by Gasteiger charge is -2.17. The van der Waals surface area contributed by atoms with Gasteiger partial charge in [-0.25, -0.2) is 4.98 Å². The fourth-order valence-corrected chi connectivity index (χ4v) is 3.76. The van der Waals surface area contributed by atoms with Crippen LogP contribution in [0.2, 0.25) is 0 Å². The SMILES string of the molecule is C=C(N=C/C=C(\C)n1cnc(C2CC2)c1)C(=O)CNc1cccc(-c2nncn2C(C)COCC(F)(F)F)c1. The zero-order valence-electron chi connectivity index (χ0n) is 21.7. The molecule has 1 aromatic carbocycles. The van der Waals surface area contributed by atoms with Crippen LogP contribution in [0, 0.1) is 0 Å². The zero-order chi connectivity index (χ0) is 28.0. The predicted octanol–water partition coefficient (Wildman–Crippen LogP) is 5.29. The van der Waals surface area contributed by atoms with Crippen LogP contribution in [0.5, 0.6) is 0 Å². The minimum absolute atomic E-state index is 0.0248. The van der Waals surface area contributed by atoms with E-state index in [9.17, 15) is 18.0 Å². The number of carbonyl (C=O) groups excluding carboxylic acids is 1. The minimum Gasteiger partial charge on any atom is -0.377 e. The second kappa shape index (κ2) is 12.2. The van der Waals surface area contributed by atoms with E-state index in [1.807, 2.05) is 17.7 Å². The third-order valence-electron chi connectivity index (χ3n) is 6.12. The van der Waals surface area contributed by atoms with E-state index in [0.29, 0.717) is 23.0 Å². The van der Waals surface area contributed by atoms with Gasteiger partial charge in [0.1, 0.15) is 18.6 Å². The van der Waals surface area contributed by atoms with Crippen LogP contribution in [-0.2, 0) is 9.53 Å². The van der Waals surface area contributed by atoms with E-state index in [0.717, 1.165) is 11.4 Å². The molecule has 1 fully saturated rings. The molecule has 0 bridgehead atoms. The van der Waals surface area contributed by atoms with Gasteiger partial charge < -0.3 is 19.2 Å². The van der Waals surface area contributed by atoms with Crippen molar-refractivity contribution in [2.24, 2.45) is 4.99 Å². The second-order valence-electron chi connectivity index (χ2n) is 9.41. The number of ketones is 1. The summed E-state index contributed by atoms with van der Waals surface area (Å²) < 4.78 is 45.5. The summed E-state index contributed by atoms with van der Waals surface area (Å²) in [7, 11) is 0. The molecule has 0 amide bonds. The molecule has 1 unspecified atom stereocenters. The van der Waals surface area contributed by atoms with E-state index in [2.05, 4.69) is 32.1 Å². The summed E-state index contributed by atoms with van der Waals surface area (Å²) in [5.41, 5.74) is 3.45. The molecule has 206 valence electrons. The van der Waals surface area contributed by atoms with Crippen molar-refractivity contribution in [1.29, 1.82) is 0 Å². The number of hydrogen-bond acceptors (Lipinski definition) is 7. The Morgan fingerprint density at radius 3 is 2.87 bits per heavy atom. The van der Waals surface area contributed by atoms with E-state index in [-0.39, 0.29) is 24.6 Å². The molecule has 2 heterocycles. The quantitative estimate of drug-likeness (QED) is 0.233. The number of hydrogen-bond donors (Lipinski definition) is 1. The standard InChI is InChI=1S/C27H30F3N7O2/c1-18(36-13-24(33-16-36)21-7-8-21)9-10-31-20(3)25(38)12-32-23-6-4-5-22(11-23)26-35-34-17-37(26)19(2)14-39-15-27(28,29)30/h4-6,9-11,13,16-17,19,21,32H,3,7-8,12,14-15H2,1-2H3/b18-9+,31-10?. The molecular formula is C27H30F3N7O2. The van der Waals surface area contributed by atoms with E-state index in [4.69, 9.17) is 4.74 Å². The molecule has 0 saturated heterocycles. The Morgan fingerprint density at radius 2 is 2.13 bits per heavy atom. The number of rotatable bonds is 13. The van der Waals surface area contributed by atoms with Crippen LogP contribution in [-0.4, -0.2) is 62.2 Å². The van der Waals surface area contributed by atoms with Gasteiger partial charge in [0.25, 0.3) is 0 Å². The summed E-state index contributed by atoms with van der Waals surface area (Å²) >= 11 is 0. The normalized spacial score (nSPS) is 15.1. The summed E-state index contributed by atoms with van der Waals surface area (Å²) in [5, 5.41) is 11.1. The molecule has 1 aliphatic carbocycles. The number of halogens is 3. The molecule has 0 aliphatic heterocycles. The van der Waals surface area contributed by atoms with E-state index in [1.54, 1.807) is 54.4 Å². The van der Waals surface area contributed by atoms with Gasteiger partial charge in [-0.05, 0) is 44.9 Å². The molecule has 1 saturated carbocycles. The van der Waals surface area contributed by atoms with E-state index in [1.165, 1.54) is 19.2 Å². The Balaban J connectivity index is 1.31. The highest BCUT2D eigenvalue weighted by Gasteiger charge is 2.28. The van der Waals surface area contributed by atoms with E-state index < -0.39 is 18.8 Å². The first-order valence-electron chi connectivity index (χ1n) is 12.5. The number of nitrogens with zero attached hydrogens (tertiary/aromatic N) is 6. The fraction of sp³-hybridized carbons (Fsp3) is 0.370. The van der Waals surface area contributed by atoms with Crippen molar-refractivity contribution in [3.63, 3.8) is 0 Å². The molecule has 2 aromatic heterocycles. The smallest absolute Gasteiger partial charge is 0.377 e. The van der Waals surface area contributed by atoms with Gasteiger partial charge in [0.05, 0.1) is 31.2 Å². The van der Waals surface area contributed by atoms with E-state index >= 15 is 0 Å². The Bertz CT molecular complexity index is 1370. The fourth-order valence-electron chi connectivity index (χ4n) is 3.76. The van der Waals surface area contributed by atoms with Crippen LogP contribution in [0.4, 0.5) is 18.9 Å². The lowest BCUT2D eigenvalue weighted by molar-refractivity contribution is -0.175. The highest BCUT2D eigenvalue weighted by molar-refractivity contribution is 5.99. The third kappa shape index (κ3) is 7.96. The number of alkyl halides is 3. The molecule has 12 heteroatoms. The molecule has 0 spiro atoms. The van der Waals surface area contributed by atoms with Gasteiger partial charge in [-0.3, -0.25) is 9.79 Å². The van der Waals surface area contributed by atoms with Crippen LogP contribution >= 0.6 is 0 Å². The zero-order valence-corrected chi connectivity index (χ0v) is 21.7. The van der Waals surface area contributed by atoms with Gasteiger partial charge in [0, 0.05) is 35.3 Å². The number of nitrogens with one attached hydrogen (secondary N) is 1. The number of benzene rings is 1. The minimum atomic E-state index is -4.39. The molecule has 9 nitrogen and oxygen atoms in total. The van der Waals surface area contributed by atoms with Crippen LogP contribution in [0.3, 0.4) is 0 Å². The Hall–Kier alpha value is -4.06. The van der Waals surface area contributed by atoms with Crippen molar-refractivity contribution in [1.82, 2.24) is 24.3 Å². The lowest BCUT2D eigenvalue weighted by atomic mass is 10.1. The van der Waals surface area contributed by atoms with Gasteiger partial charge in [-0.2, -0.15) is 13.2 Å². The van der Waals surface area contributed by atoms with Crippen molar-refractivity contribution in [3.8, 4) is 11.4 Å². The molecule has 39 heavy (non-hydrogen) atoms. The number of Topliss-reactive ketones (excluding diaryl/α,β-unsaturated/α-hetero) is 1. The van der Waals surface area contributed by atoms with Crippen molar-refractivity contribution in [3.05, 3.63) is 67.2 Å². The number of ether oxygens (including phenoxy) is 1. The van der Waals surface area contributed by atoms with Gasteiger partial charge in [0.2, 0.25) is 0 Å². The maximum Gasteiger partial charge on any atom is 0.411 e. The molecule has 1 N–H and O–H groups in total. The third-order valence-corrected chi connectivity index (χ3v) is 6.12. The Morgan fingerprint density at radius 1 is 1.33 bits per heavy atom. The van der Waals surface area contributed by atoms with Gasteiger partial charge >= 0.3 is 6.18 Å². The number of imidazole rings is 1. The summed E-state index contributed by atoms with van der Waals surface area (Å²) in [5.74, 6) is 0.762. The molecular weight excluding hydrogens is 511 g/mol. The topological polar surface area (TPSA) is 99.2 Å². The molecule has 3 aromatic rings.